The number of imidazole rings is 1. The van der Waals surface area contributed by atoms with Crippen LogP contribution in [0.25, 0.3) is 5.69 Å². The Kier molecular flexibility index (Phi) is 12.2. The van der Waals surface area contributed by atoms with Crippen LogP contribution in [0, 0.1) is 6.92 Å². The first-order chi connectivity index (χ1) is 21.1. The number of amides is 1. The topological polar surface area (TPSA) is 114 Å². The summed E-state index contributed by atoms with van der Waals surface area (Å²) in [7, 11) is 0. The second kappa shape index (κ2) is 15.4. The highest BCUT2D eigenvalue weighted by atomic mass is 35.5. The largest absolute Gasteiger partial charge is 0.481 e. The van der Waals surface area contributed by atoms with Crippen LogP contribution in [-0.4, -0.2) is 65.8 Å². The number of hydrogen-bond acceptors (Lipinski definition) is 7. The third-order valence-electron chi connectivity index (χ3n) is 7.33. The summed E-state index contributed by atoms with van der Waals surface area (Å²) in [5, 5.41) is 7.42. The van der Waals surface area contributed by atoms with Crippen LogP contribution < -0.4 is 4.90 Å². The minimum Gasteiger partial charge on any atom is -0.481 e. The maximum atomic E-state index is 13.6. The number of piperidine rings is 1. The zero-order valence-electron chi connectivity index (χ0n) is 26.3. The van der Waals surface area contributed by atoms with Crippen LogP contribution in [0.15, 0.2) is 43.1 Å². The number of anilines is 1. The van der Waals surface area contributed by atoms with E-state index in [0.29, 0.717) is 42.9 Å². The molecule has 0 radical (unpaired) electrons. The second-order valence-corrected chi connectivity index (χ2v) is 11.7. The number of nitrogens with zero attached hydrogens (tertiary/aromatic N) is 6. The summed E-state index contributed by atoms with van der Waals surface area (Å²) < 4.78 is 48.2. The average molecular weight is 653 g/mol. The highest BCUT2D eigenvalue weighted by molar-refractivity contribution is 6.30. The third kappa shape index (κ3) is 9.81. The zero-order valence-corrected chi connectivity index (χ0v) is 27.0. The number of carbonyl (C=O) groups is 2. The van der Waals surface area contributed by atoms with Gasteiger partial charge in [0.25, 0.3) is 5.97 Å². The van der Waals surface area contributed by atoms with Gasteiger partial charge in [-0.1, -0.05) is 25.4 Å². The Morgan fingerprint density at radius 1 is 1.09 bits per heavy atom. The molecule has 10 nitrogen and oxygen atoms in total. The molecule has 1 N–H and O–H groups in total. The molecule has 0 saturated carbocycles. The predicted octanol–water partition coefficient (Wildman–Crippen LogP) is 7.31. The van der Waals surface area contributed by atoms with Gasteiger partial charge >= 0.3 is 12.3 Å². The maximum Gasteiger partial charge on any atom is 0.416 e. The van der Waals surface area contributed by atoms with Gasteiger partial charge < -0.3 is 24.2 Å². The Balaban J connectivity index is 0.00000130. The molecule has 14 heteroatoms. The van der Waals surface area contributed by atoms with Crippen molar-refractivity contribution in [2.75, 3.05) is 4.90 Å². The van der Waals surface area contributed by atoms with Gasteiger partial charge in [-0.05, 0) is 70.2 Å². The third-order valence-corrected chi connectivity index (χ3v) is 7.55. The maximum absolute atomic E-state index is 13.6. The number of aromatic nitrogens is 4. The fourth-order valence-electron chi connectivity index (χ4n) is 5.42. The standard InChI is InChI=1S/C29H36ClF3N6O2.C2H4O2/c1-6-23-11-25(12-24(7-2)39(23)28(40)41-18(3)4)38(16-20-8-21(29(31,32)33)10-22(30)9-20)27-34-13-26(14-35-27)37-15-19(5)36-17-37;1-2(3)4/h8-10,13-15,17-18,23-25H,6-7,11-12,16H2,1-5H3;1H3,(H,3,4)/t23-,24?,25?;/m0./s1. The first-order valence-corrected chi connectivity index (χ1v) is 15.1. The smallest absolute Gasteiger partial charge is 0.416 e. The fourth-order valence-corrected chi connectivity index (χ4v) is 5.67. The van der Waals surface area contributed by atoms with Crippen LogP contribution in [0.1, 0.15) is 77.1 Å². The molecule has 2 unspecified atom stereocenters. The Labute approximate surface area is 266 Å². The second-order valence-electron chi connectivity index (χ2n) is 11.2. The van der Waals surface area contributed by atoms with Crippen molar-refractivity contribution in [3.63, 3.8) is 0 Å². The van der Waals surface area contributed by atoms with Crippen molar-refractivity contribution in [3.05, 3.63) is 65.0 Å². The van der Waals surface area contributed by atoms with Crippen molar-refractivity contribution in [3.8, 4) is 5.69 Å². The van der Waals surface area contributed by atoms with Gasteiger partial charge in [0.2, 0.25) is 5.95 Å². The summed E-state index contributed by atoms with van der Waals surface area (Å²) in [4.78, 5) is 39.3. The molecule has 3 aromatic rings. The molecule has 1 saturated heterocycles. The van der Waals surface area contributed by atoms with Gasteiger partial charge in [0, 0.05) is 42.8 Å². The molecule has 1 aromatic carbocycles. The SMILES string of the molecule is CC(=O)O.CCC1CC(N(Cc2cc(Cl)cc(C(F)(F)F)c2)c2ncc(-n3cnc(C)c3)cn2)C[C@H](CC)N1C(=O)OC(C)C. The molecule has 0 bridgehead atoms. The van der Waals surface area contributed by atoms with E-state index in [-0.39, 0.29) is 41.9 Å². The molecule has 2 aromatic heterocycles. The summed E-state index contributed by atoms with van der Waals surface area (Å²) in [6, 6.07) is 3.19. The molecule has 0 spiro atoms. The minimum absolute atomic E-state index is 0.00522. The lowest BCUT2D eigenvalue weighted by Gasteiger charge is -2.47. The highest BCUT2D eigenvalue weighted by Gasteiger charge is 2.41. The molecule has 246 valence electrons. The van der Waals surface area contributed by atoms with Gasteiger partial charge in [-0.25, -0.2) is 19.7 Å². The number of rotatable bonds is 8. The zero-order chi connectivity index (χ0) is 33.5. The van der Waals surface area contributed by atoms with E-state index in [1.807, 2.05) is 50.6 Å². The molecule has 3 atom stereocenters. The Hall–Kier alpha value is -3.87. The summed E-state index contributed by atoms with van der Waals surface area (Å²) in [6.45, 7) is 10.8. The Morgan fingerprint density at radius 3 is 2.13 bits per heavy atom. The van der Waals surface area contributed by atoms with E-state index in [9.17, 15) is 18.0 Å². The quantitative estimate of drug-likeness (QED) is 0.270. The number of carbonyl (C=O) groups excluding carboxylic acids is 1. The van der Waals surface area contributed by atoms with Crippen molar-refractivity contribution in [2.24, 2.45) is 0 Å². The average Bonchev–Trinajstić information content (AvgIpc) is 3.40. The molecule has 1 aliphatic heterocycles. The molecular weight excluding hydrogens is 613 g/mol. The Morgan fingerprint density at radius 2 is 1.67 bits per heavy atom. The van der Waals surface area contributed by atoms with Crippen molar-refractivity contribution >= 4 is 29.6 Å². The first-order valence-electron chi connectivity index (χ1n) is 14.8. The van der Waals surface area contributed by atoms with E-state index < -0.39 is 17.7 Å². The van der Waals surface area contributed by atoms with Gasteiger partial charge in [-0.2, -0.15) is 13.2 Å². The number of aryl methyl sites for hydroxylation is 1. The van der Waals surface area contributed by atoms with Gasteiger partial charge in [0.05, 0.1) is 41.8 Å². The number of likely N-dealkylation sites (tertiary alicyclic amines) is 1. The van der Waals surface area contributed by atoms with Crippen LogP contribution in [0.4, 0.5) is 23.9 Å². The number of ether oxygens (including phenoxy) is 1. The number of halogens is 4. The number of benzene rings is 1. The van der Waals surface area contributed by atoms with Crippen molar-refractivity contribution in [1.29, 1.82) is 0 Å². The van der Waals surface area contributed by atoms with E-state index in [0.717, 1.165) is 24.8 Å². The lowest BCUT2D eigenvalue weighted by atomic mass is 9.87. The first kappa shape index (κ1) is 35.6. The normalized spacial score (nSPS) is 18.3. The van der Waals surface area contributed by atoms with Crippen LogP contribution >= 0.6 is 11.6 Å². The predicted molar refractivity (Wildman–Crippen MR) is 164 cm³/mol. The van der Waals surface area contributed by atoms with Crippen molar-refractivity contribution < 1.29 is 32.6 Å². The fraction of sp³-hybridized carbons (Fsp3) is 0.516. The summed E-state index contributed by atoms with van der Waals surface area (Å²) in [5.41, 5.74) is 1.14. The number of carboxylic acid groups (broad SMARTS) is 1. The van der Waals surface area contributed by atoms with E-state index in [4.69, 9.17) is 26.2 Å². The molecule has 1 aliphatic rings. The molecule has 1 amide bonds. The van der Waals surface area contributed by atoms with E-state index in [2.05, 4.69) is 15.0 Å². The molecule has 0 aliphatic carbocycles. The minimum atomic E-state index is -4.53. The van der Waals surface area contributed by atoms with Gasteiger partial charge in [-0.15, -0.1) is 0 Å². The van der Waals surface area contributed by atoms with Crippen LogP contribution in [0.2, 0.25) is 5.02 Å². The van der Waals surface area contributed by atoms with Gasteiger partial charge in [0.1, 0.15) is 0 Å². The molecule has 3 heterocycles. The number of aliphatic carboxylic acids is 1. The molecule has 4 rings (SSSR count). The molecule has 45 heavy (non-hydrogen) atoms. The van der Waals surface area contributed by atoms with Crippen LogP contribution in [0.5, 0.6) is 0 Å². The van der Waals surface area contributed by atoms with E-state index in [1.54, 1.807) is 23.3 Å². The van der Waals surface area contributed by atoms with E-state index >= 15 is 0 Å². The van der Waals surface area contributed by atoms with E-state index in [1.165, 1.54) is 6.07 Å². The Bertz CT molecular complexity index is 1420. The molecular formula is C31H40ClF3N6O4. The lowest BCUT2D eigenvalue weighted by molar-refractivity contribution is -0.137. The highest BCUT2D eigenvalue weighted by Crippen LogP contribution is 2.35. The number of alkyl halides is 3. The van der Waals surface area contributed by atoms with Crippen molar-refractivity contribution in [1.82, 2.24) is 24.4 Å². The monoisotopic (exact) mass is 652 g/mol. The van der Waals surface area contributed by atoms with Crippen LogP contribution in [-0.2, 0) is 22.3 Å². The number of carboxylic acids is 1. The lowest BCUT2D eigenvalue weighted by Crippen LogP contribution is -2.57. The van der Waals surface area contributed by atoms with Gasteiger partial charge in [0.15, 0.2) is 0 Å². The summed E-state index contributed by atoms with van der Waals surface area (Å²) in [6.07, 6.45) is 4.29. The van der Waals surface area contributed by atoms with Crippen molar-refractivity contribution in [2.45, 2.75) is 104 Å². The number of hydrogen-bond donors (Lipinski definition) is 1. The summed E-state index contributed by atoms with van der Waals surface area (Å²) in [5.74, 6) is -0.452. The summed E-state index contributed by atoms with van der Waals surface area (Å²) >= 11 is 6.13. The molecule has 1 fully saturated rings. The van der Waals surface area contributed by atoms with Gasteiger partial charge in [-0.3, -0.25) is 4.79 Å². The van der Waals surface area contributed by atoms with Crippen LogP contribution in [0.3, 0.4) is 0 Å².